The number of para-hydroxylation sites is 2. The number of rotatable bonds is 8. The van der Waals surface area contributed by atoms with E-state index in [0.717, 1.165) is 12.1 Å². The van der Waals surface area contributed by atoms with Crippen molar-refractivity contribution in [2.45, 2.75) is 13.1 Å². The van der Waals surface area contributed by atoms with Crippen LogP contribution >= 0.6 is 0 Å². The highest BCUT2D eigenvalue weighted by atomic mass is 16.5. The van der Waals surface area contributed by atoms with Crippen LogP contribution in [0.3, 0.4) is 0 Å². The van der Waals surface area contributed by atoms with Gasteiger partial charge in [-0.05, 0) is 43.9 Å². The van der Waals surface area contributed by atoms with Crippen molar-refractivity contribution in [1.29, 1.82) is 0 Å². The molecule has 0 saturated carbocycles. The number of likely N-dealkylation sites (N-methyl/N-ethyl adjacent to an activating group) is 1. The molecule has 0 aliphatic carbocycles. The predicted molar refractivity (Wildman–Crippen MR) is 122 cm³/mol. The molecule has 2 amide bonds. The van der Waals surface area contributed by atoms with Gasteiger partial charge in [0.15, 0.2) is 12.4 Å². The summed E-state index contributed by atoms with van der Waals surface area (Å²) in [6.45, 7) is 2.04. The lowest BCUT2D eigenvalue weighted by atomic mass is 10.2. The Hall–Kier alpha value is -3.58. The molecule has 2 aromatic carbocycles. The fourth-order valence-corrected chi connectivity index (χ4v) is 3.59. The largest absolute Gasteiger partial charge is 0.482 e. The van der Waals surface area contributed by atoms with Gasteiger partial charge in [0.25, 0.3) is 11.8 Å². The summed E-state index contributed by atoms with van der Waals surface area (Å²) in [4.78, 5) is 31.1. The molecule has 0 fully saturated rings. The maximum atomic E-state index is 13.2. The Kier molecular flexibility index (Phi) is 6.56. The normalized spacial score (nSPS) is 13.1. The van der Waals surface area contributed by atoms with E-state index in [2.05, 4.69) is 0 Å². The molecule has 0 saturated heterocycles. The maximum Gasteiger partial charge on any atom is 0.289 e. The van der Waals surface area contributed by atoms with E-state index in [9.17, 15) is 9.59 Å². The maximum absolute atomic E-state index is 13.2. The Morgan fingerprint density at radius 3 is 2.50 bits per heavy atom. The number of benzene rings is 2. The van der Waals surface area contributed by atoms with Gasteiger partial charge in [-0.3, -0.25) is 14.5 Å². The van der Waals surface area contributed by atoms with Gasteiger partial charge >= 0.3 is 0 Å². The molecular weight excluding hydrogens is 406 g/mol. The molecule has 7 heteroatoms. The van der Waals surface area contributed by atoms with Crippen LogP contribution in [-0.2, 0) is 17.9 Å². The topological polar surface area (TPSA) is 66.2 Å². The minimum absolute atomic E-state index is 0.0150. The first-order valence-electron chi connectivity index (χ1n) is 10.6. The quantitative estimate of drug-likeness (QED) is 0.545. The summed E-state index contributed by atoms with van der Waals surface area (Å²) in [6.07, 6.45) is 0. The minimum atomic E-state index is -0.171. The number of anilines is 1. The molecule has 0 atom stereocenters. The van der Waals surface area contributed by atoms with Gasteiger partial charge < -0.3 is 19.0 Å². The monoisotopic (exact) mass is 433 g/mol. The summed E-state index contributed by atoms with van der Waals surface area (Å²) < 4.78 is 11.4. The van der Waals surface area contributed by atoms with Crippen molar-refractivity contribution in [3.63, 3.8) is 0 Å². The van der Waals surface area contributed by atoms with Crippen LogP contribution in [0.2, 0.25) is 0 Å². The van der Waals surface area contributed by atoms with Gasteiger partial charge in [-0.25, -0.2) is 0 Å². The summed E-state index contributed by atoms with van der Waals surface area (Å²) in [5.74, 6) is 1.15. The number of hydrogen-bond donors (Lipinski definition) is 0. The molecule has 1 aliphatic heterocycles. The number of nitrogens with zero attached hydrogens (tertiary/aromatic N) is 3. The average Bonchev–Trinajstić information content (AvgIpc) is 3.27. The van der Waals surface area contributed by atoms with Crippen LogP contribution in [0.5, 0.6) is 5.75 Å². The van der Waals surface area contributed by atoms with Gasteiger partial charge in [-0.2, -0.15) is 0 Å². The molecule has 2 heterocycles. The highest BCUT2D eigenvalue weighted by molar-refractivity contribution is 5.97. The zero-order valence-corrected chi connectivity index (χ0v) is 18.4. The standard InChI is InChI=1S/C25H27N3O4/c1-26(2)14-15-27(16-19-8-4-3-5-9-19)25(30)23-13-12-20(32-23)17-28-21-10-6-7-11-22(21)31-18-24(28)29/h3-13H,14-18H2,1-2H3. The molecule has 0 N–H and O–H groups in total. The minimum Gasteiger partial charge on any atom is -0.482 e. The molecule has 0 spiro atoms. The highest BCUT2D eigenvalue weighted by Crippen LogP contribution is 2.32. The van der Waals surface area contributed by atoms with Crippen LogP contribution in [-0.4, -0.2) is 55.4 Å². The first-order chi connectivity index (χ1) is 15.5. The van der Waals surface area contributed by atoms with Gasteiger partial charge in [0, 0.05) is 19.6 Å². The Bertz CT molecular complexity index is 1080. The molecule has 1 aromatic heterocycles. The summed E-state index contributed by atoms with van der Waals surface area (Å²) in [5.41, 5.74) is 1.76. The Morgan fingerprint density at radius 2 is 1.72 bits per heavy atom. The molecule has 166 valence electrons. The molecule has 0 radical (unpaired) electrons. The molecule has 7 nitrogen and oxygen atoms in total. The smallest absolute Gasteiger partial charge is 0.289 e. The van der Waals surface area contributed by atoms with Gasteiger partial charge in [-0.1, -0.05) is 42.5 Å². The van der Waals surface area contributed by atoms with Crippen LogP contribution in [0.4, 0.5) is 5.69 Å². The molecule has 4 rings (SSSR count). The van der Waals surface area contributed by atoms with Crippen LogP contribution in [0, 0.1) is 0 Å². The predicted octanol–water partition coefficient (Wildman–Crippen LogP) is 3.41. The average molecular weight is 434 g/mol. The van der Waals surface area contributed by atoms with E-state index in [1.165, 1.54) is 0 Å². The van der Waals surface area contributed by atoms with Crippen molar-refractivity contribution in [1.82, 2.24) is 9.80 Å². The first-order valence-corrected chi connectivity index (χ1v) is 10.6. The molecule has 32 heavy (non-hydrogen) atoms. The van der Waals surface area contributed by atoms with Crippen molar-refractivity contribution in [3.8, 4) is 5.75 Å². The molecular formula is C25H27N3O4. The summed E-state index contributed by atoms with van der Waals surface area (Å²) in [7, 11) is 3.96. The molecule has 0 unspecified atom stereocenters. The van der Waals surface area contributed by atoms with Gasteiger partial charge in [0.05, 0.1) is 12.2 Å². The molecule has 1 aliphatic rings. The lowest BCUT2D eigenvalue weighted by Gasteiger charge is -2.28. The SMILES string of the molecule is CN(C)CCN(Cc1ccccc1)C(=O)c1ccc(CN2C(=O)COc3ccccc32)o1. The van der Waals surface area contributed by atoms with Crippen LogP contribution in [0.25, 0.3) is 0 Å². The van der Waals surface area contributed by atoms with Crippen LogP contribution in [0.15, 0.2) is 71.1 Å². The fraction of sp³-hybridized carbons (Fsp3) is 0.280. The number of carbonyl (C=O) groups excluding carboxylic acids is 2. The second-order valence-electron chi connectivity index (χ2n) is 8.02. The lowest BCUT2D eigenvalue weighted by Crippen LogP contribution is -2.38. The first kappa shape index (κ1) is 21.6. The Labute approximate surface area is 187 Å². The van der Waals surface area contributed by atoms with E-state index in [-0.39, 0.29) is 30.7 Å². The van der Waals surface area contributed by atoms with Crippen molar-refractivity contribution in [2.75, 3.05) is 38.7 Å². The Morgan fingerprint density at radius 1 is 0.969 bits per heavy atom. The zero-order chi connectivity index (χ0) is 22.5. The second kappa shape index (κ2) is 9.70. The molecule has 0 bridgehead atoms. The van der Waals surface area contributed by atoms with Crippen molar-refractivity contribution in [3.05, 3.63) is 83.8 Å². The van der Waals surface area contributed by atoms with Crippen molar-refractivity contribution in [2.24, 2.45) is 0 Å². The van der Waals surface area contributed by atoms with E-state index in [1.54, 1.807) is 21.9 Å². The van der Waals surface area contributed by atoms with E-state index in [0.29, 0.717) is 30.3 Å². The van der Waals surface area contributed by atoms with E-state index >= 15 is 0 Å². The summed E-state index contributed by atoms with van der Waals surface area (Å²) in [5, 5.41) is 0. The Balaban J connectivity index is 1.50. The van der Waals surface area contributed by atoms with Crippen molar-refractivity contribution >= 4 is 17.5 Å². The lowest BCUT2D eigenvalue weighted by molar-refractivity contribution is -0.121. The van der Waals surface area contributed by atoms with Crippen LogP contribution in [0.1, 0.15) is 21.9 Å². The third kappa shape index (κ3) is 5.00. The van der Waals surface area contributed by atoms with Gasteiger partial charge in [0.1, 0.15) is 11.5 Å². The van der Waals surface area contributed by atoms with E-state index in [4.69, 9.17) is 9.15 Å². The zero-order valence-electron chi connectivity index (χ0n) is 18.4. The highest BCUT2D eigenvalue weighted by Gasteiger charge is 2.27. The summed E-state index contributed by atoms with van der Waals surface area (Å²) >= 11 is 0. The van der Waals surface area contributed by atoms with E-state index in [1.807, 2.05) is 73.6 Å². The number of ether oxygens (including phenoxy) is 1. The van der Waals surface area contributed by atoms with Crippen LogP contribution < -0.4 is 9.64 Å². The number of fused-ring (bicyclic) bond motifs is 1. The molecule has 3 aromatic rings. The fourth-order valence-electron chi connectivity index (χ4n) is 3.59. The number of carbonyl (C=O) groups is 2. The van der Waals surface area contributed by atoms with Crippen molar-refractivity contribution < 1.29 is 18.7 Å². The van der Waals surface area contributed by atoms with Gasteiger partial charge in [0.2, 0.25) is 0 Å². The number of hydrogen-bond acceptors (Lipinski definition) is 5. The third-order valence-corrected chi connectivity index (χ3v) is 5.32. The van der Waals surface area contributed by atoms with Gasteiger partial charge in [-0.15, -0.1) is 0 Å². The number of amides is 2. The summed E-state index contributed by atoms with van der Waals surface area (Å²) in [6, 6.07) is 20.7. The van der Waals surface area contributed by atoms with E-state index < -0.39 is 0 Å². The third-order valence-electron chi connectivity index (χ3n) is 5.32. The second-order valence-corrected chi connectivity index (χ2v) is 8.02. The number of furan rings is 1.